The van der Waals surface area contributed by atoms with Crippen molar-refractivity contribution in [1.82, 2.24) is 4.98 Å². The third kappa shape index (κ3) is 3.04. The zero-order valence-corrected chi connectivity index (χ0v) is 11.5. The highest BCUT2D eigenvalue weighted by molar-refractivity contribution is 9.10. The van der Waals surface area contributed by atoms with Crippen molar-refractivity contribution >= 4 is 27.5 Å². The number of aromatic nitrogens is 1. The number of carbonyl (C=O) groups is 1. The normalized spacial score (nSPS) is 23.7. The maximum absolute atomic E-state index is 11.9. The molecule has 92 valence electrons. The number of amides is 1. The van der Waals surface area contributed by atoms with E-state index >= 15 is 0 Å². The smallest absolute Gasteiger partial charge is 0.229 e. The minimum Gasteiger partial charge on any atom is -0.378 e. The summed E-state index contributed by atoms with van der Waals surface area (Å²) in [6, 6.07) is 1.90. The van der Waals surface area contributed by atoms with Crippen LogP contribution in [0.5, 0.6) is 0 Å². The van der Waals surface area contributed by atoms with Gasteiger partial charge in [-0.25, -0.2) is 4.98 Å². The van der Waals surface area contributed by atoms with Crippen LogP contribution in [0.15, 0.2) is 16.9 Å². The van der Waals surface area contributed by atoms with Gasteiger partial charge in [0.2, 0.25) is 5.91 Å². The van der Waals surface area contributed by atoms with Gasteiger partial charge in [0, 0.05) is 0 Å². The van der Waals surface area contributed by atoms with Gasteiger partial charge in [-0.1, -0.05) is 0 Å². The van der Waals surface area contributed by atoms with Crippen LogP contribution in [-0.2, 0) is 9.53 Å². The topological polar surface area (TPSA) is 51.2 Å². The van der Waals surface area contributed by atoms with E-state index in [2.05, 4.69) is 26.2 Å². The molecule has 1 saturated heterocycles. The molecule has 2 heterocycles. The third-order valence-electron chi connectivity index (χ3n) is 2.85. The molecule has 1 aliphatic rings. The second-order valence-electron chi connectivity index (χ2n) is 4.40. The first kappa shape index (κ1) is 12.5. The predicted molar refractivity (Wildman–Crippen MR) is 68.8 cm³/mol. The number of rotatable bonds is 2. The molecule has 0 aromatic carbocycles. The summed E-state index contributed by atoms with van der Waals surface area (Å²) in [6.45, 7) is 4.43. The van der Waals surface area contributed by atoms with E-state index < -0.39 is 0 Å². The maximum atomic E-state index is 11.9. The number of ether oxygens (including phenoxy) is 1. The van der Waals surface area contributed by atoms with E-state index in [-0.39, 0.29) is 17.9 Å². The second kappa shape index (κ2) is 5.14. The molecule has 17 heavy (non-hydrogen) atoms. The molecule has 1 aromatic rings. The fourth-order valence-corrected chi connectivity index (χ4v) is 2.09. The van der Waals surface area contributed by atoms with E-state index in [1.807, 2.05) is 19.9 Å². The Morgan fingerprint density at radius 2 is 2.41 bits per heavy atom. The number of aryl methyl sites for hydroxylation is 1. The molecular formula is C12H15BrN2O2. The molecule has 0 spiro atoms. The maximum Gasteiger partial charge on any atom is 0.229 e. The zero-order chi connectivity index (χ0) is 12.4. The summed E-state index contributed by atoms with van der Waals surface area (Å²) in [7, 11) is 0. The molecule has 4 nitrogen and oxygen atoms in total. The van der Waals surface area contributed by atoms with Crippen LogP contribution in [0.2, 0.25) is 0 Å². The molecule has 2 rings (SSSR count). The molecule has 0 bridgehead atoms. The lowest BCUT2D eigenvalue weighted by Gasteiger charge is -2.10. The van der Waals surface area contributed by atoms with Gasteiger partial charge in [0.25, 0.3) is 0 Å². The van der Waals surface area contributed by atoms with Gasteiger partial charge in [-0.15, -0.1) is 0 Å². The first-order valence-corrected chi connectivity index (χ1v) is 6.40. The summed E-state index contributed by atoms with van der Waals surface area (Å²) in [4.78, 5) is 16.1. The molecule has 2 atom stereocenters. The Kier molecular flexibility index (Phi) is 3.79. The summed E-state index contributed by atoms with van der Waals surface area (Å²) in [5.74, 6) is -0.0353. The van der Waals surface area contributed by atoms with Crippen LogP contribution >= 0.6 is 15.9 Å². The second-order valence-corrected chi connectivity index (χ2v) is 5.15. The molecule has 1 amide bonds. The Bertz CT molecular complexity index is 437. The van der Waals surface area contributed by atoms with E-state index in [4.69, 9.17) is 4.74 Å². The van der Waals surface area contributed by atoms with Gasteiger partial charge in [-0.2, -0.15) is 0 Å². The van der Waals surface area contributed by atoms with E-state index in [1.165, 1.54) is 0 Å². The Hall–Kier alpha value is -0.940. The number of hydrogen-bond acceptors (Lipinski definition) is 3. The molecule has 1 fully saturated rings. The Balaban J connectivity index is 2.00. The number of pyridine rings is 1. The van der Waals surface area contributed by atoms with Crippen molar-refractivity contribution in [2.75, 3.05) is 11.9 Å². The fourth-order valence-electron chi connectivity index (χ4n) is 1.87. The highest BCUT2D eigenvalue weighted by Gasteiger charge is 2.28. The summed E-state index contributed by atoms with van der Waals surface area (Å²) >= 11 is 3.33. The van der Waals surface area contributed by atoms with Crippen molar-refractivity contribution < 1.29 is 9.53 Å². The Morgan fingerprint density at radius 1 is 1.65 bits per heavy atom. The van der Waals surface area contributed by atoms with Crippen molar-refractivity contribution in [3.63, 3.8) is 0 Å². The molecular weight excluding hydrogens is 284 g/mol. The number of anilines is 1. The van der Waals surface area contributed by atoms with Crippen LogP contribution < -0.4 is 5.32 Å². The lowest BCUT2D eigenvalue weighted by Crippen LogP contribution is -2.23. The lowest BCUT2D eigenvalue weighted by atomic mass is 10.1. The monoisotopic (exact) mass is 298 g/mol. The van der Waals surface area contributed by atoms with Gasteiger partial charge >= 0.3 is 0 Å². The van der Waals surface area contributed by atoms with Gasteiger partial charge < -0.3 is 10.1 Å². The van der Waals surface area contributed by atoms with Gasteiger partial charge in [0.1, 0.15) is 4.60 Å². The minimum atomic E-state index is -0.0473. The summed E-state index contributed by atoms with van der Waals surface area (Å²) in [5.41, 5.74) is 1.73. The lowest BCUT2D eigenvalue weighted by molar-refractivity contribution is -0.119. The SMILES string of the molecule is Cc1cc(NC(=O)C2COC(C)C2)cnc1Br. The number of hydrogen-bond donors (Lipinski definition) is 1. The van der Waals surface area contributed by atoms with Crippen LogP contribution in [0.3, 0.4) is 0 Å². The van der Waals surface area contributed by atoms with Gasteiger partial charge in [-0.05, 0) is 47.8 Å². The van der Waals surface area contributed by atoms with Crippen LogP contribution in [0.4, 0.5) is 5.69 Å². The van der Waals surface area contributed by atoms with Crippen LogP contribution in [-0.4, -0.2) is 23.6 Å². The average Bonchev–Trinajstić information content (AvgIpc) is 2.70. The van der Waals surface area contributed by atoms with E-state index in [0.29, 0.717) is 6.61 Å². The van der Waals surface area contributed by atoms with Gasteiger partial charge in [0.15, 0.2) is 0 Å². The van der Waals surface area contributed by atoms with E-state index in [0.717, 1.165) is 22.3 Å². The van der Waals surface area contributed by atoms with E-state index in [1.54, 1.807) is 6.20 Å². The van der Waals surface area contributed by atoms with Crippen molar-refractivity contribution in [3.05, 3.63) is 22.4 Å². The van der Waals surface area contributed by atoms with Gasteiger partial charge in [0.05, 0.1) is 30.5 Å². The number of halogens is 1. The zero-order valence-electron chi connectivity index (χ0n) is 9.87. The molecule has 0 aliphatic carbocycles. The Labute approximate surface area is 109 Å². The summed E-state index contributed by atoms with van der Waals surface area (Å²) < 4.78 is 6.18. The summed E-state index contributed by atoms with van der Waals surface area (Å²) in [5, 5.41) is 2.87. The first-order chi connectivity index (χ1) is 8.06. The quantitative estimate of drug-likeness (QED) is 0.854. The number of nitrogens with one attached hydrogen (secondary N) is 1. The van der Waals surface area contributed by atoms with E-state index in [9.17, 15) is 4.79 Å². The van der Waals surface area contributed by atoms with Crippen molar-refractivity contribution in [1.29, 1.82) is 0 Å². The molecule has 1 aromatic heterocycles. The van der Waals surface area contributed by atoms with Crippen LogP contribution in [0.25, 0.3) is 0 Å². The Morgan fingerprint density at radius 3 is 3.00 bits per heavy atom. The highest BCUT2D eigenvalue weighted by atomic mass is 79.9. The molecule has 0 saturated carbocycles. The van der Waals surface area contributed by atoms with Gasteiger partial charge in [-0.3, -0.25) is 4.79 Å². The van der Waals surface area contributed by atoms with Crippen molar-refractivity contribution in [3.8, 4) is 0 Å². The van der Waals surface area contributed by atoms with Crippen molar-refractivity contribution in [2.24, 2.45) is 5.92 Å². The highest BCUT2D eigenvalue weighted by Crippen LogP contribution is 2.22. The number of carbonyl (C=O) groups excluding carboxylic acids is 1. The summed E-state index contributed by atoms with van der Waals surface area (Å²) in [6.07, 6.45) is 2.61. The van der Waals surface area contributed by atoms with Crippen LogP contribution in [0, 0.1) is 12.8 Å². The average molecular weight is 299 g/mol. The molecule has 0 radical (unpaired) electrons. The largest absolute Gasteiger partial charge is 0.378 e. The minimum absolute atomic E-state index is 0.0119. The fraction of sp³-hybridized carbons (Fsp3) is 0.500. The number of nitrogens with zero attached hydrogens (tertiary/aromatic N) is 1. The predicted octanol–water partition coefficient (Wildman–Crippen LogP) is 2.52. The molecule has 1 aliphatic heterocycles. The van der Waals surface area contributed by atoms with Crippen LogP contribution in [0.1, 0.15) is 18.9 Å². The molecule has 5 heteroatoms. The van der Waals surface area contributed by atoms with Crippen molar-refractivity contribution in [2.45, 2.75) is 26.4 Å². The molecule has 1 N–H and O–H groups in total. The molecule has 2 unspecified atom stereocenters. The third-order valence-corrected chi connectivity index (χ3v) is 3.68. The first-order valence-electron chi connectivity index (χ1n) is 5.61. The standard InChI is InChI=1S/C12H15BrN2O2/c1-7-3-10(5-14-11(7)13)15-12(16)9-4-8(2)17-6-9/h3,5,8-9H,4,6H2,1-2H3,(H,15,16).